The fraction of sp³-hybridized carbons (Fsp3) is 0.588. The predicted molar refractivity (Wildman–Crippen MR) is 93.1 cm³/mol. The van der Waals surface area contributed by atoms with E-state index in [1.54, 1.807) is 17.5 Å². The van der Waals surface area contributed by atoms with E-state index in [0.717, 1.165) is 10.9 Å². The summed E-state index contributed by atoms with van der Waals surface area (Å²) in [7, 11) is 0. The monoisotopic (exact) mass is 402 g/mol. The highest BCUT2D eigenvalue weighted by Crippen LogP contribution is 2.43. The molecule has 23 heavy (non-hydrogen) atoms. The van der Waals surface area contributed by atoms with Gasteiger partial charge in [0.1, 0.15) is 0 Å². The fourth-order valence-electron chi connectivity index (χ4n) is 3.54. The zero-order valence-electron chi connectivity index (χ0n) is 13.1. The molecule has 0 amide bonds. The van der Waals surface area contributed by atoms with Crippen molar-refractivity contribution in [1.82, 2.24) is 9.55 Å². The maximum atomic E-state index is 13.4. The average molecular weight is 403 g/mol. The highest BCUT2D eigenvalue weighted by Gasteiger charge is 2.37. The molecule has 1 unspecified atom stereocenters. The van der Waals surface area contributed by atoms with Gasteiger partial charge in [0.15, 0.2) is 0 Å². The third-order valence-electron chi connectivity index (χ3n) is 4.99. The molecule has 2 atom stereocenters. The van der Waals surface area contributed by atoms with Crippen LogP contribution in [0.1, 0.15) is 49.9 Å². The number of hydrogen-bond donors (Lipinski definition) is 0. The highest BCUT2D eigenvalue weighted by molar-refractivity contribution is 9.10. The van der Waals surface area contributed by atoms with Crippen molar-refractivity contribution in [2.24, 2.45) is 11.8 Å². The number of thiophene rings is 1. The van der Waals surface area contributed by atoms with Gasteiger partial charge in [-0.2, -0.15) is 0 Å². The van der Waals surface area contributed by atoms with Crippen molar-refractivity contribution in [3.63, 3.8) is 0 Å². The predicted octanol–water partition coefficient (Wildman–Crippen LogP) is 6.15. The van der Waals surface area contributed by atoms with E-state index < -0.39 is 5.92 Å². The van der Waals surface area contributed by atoms with Crippen LogP contribution in [0.15, 0.2) is 34.6 Å². The second-order valence-electron chi connectivity index (χ2n) is 6.56. The Kier molecular flexibility index (Phi) is 5.21. The van der Waals surface area contributed by atoms with Crippen molar-refractivity contribution in [1.29, 1.82) is 0 Å². The molecule has 0 N–H and O–H groups in total. The molecule has 2 nitrogen and oxygen atoms in total. The van der Waals surface area contributed by atoms with E-state index in [1.165, 1.54) is 4.88 Å². The van der Waals surface area contributed by atoms with Gasteiger partial charge in [0.2, 0.25) is 5.92 Å². The SMILES string of the molecule is C[C@@H](CC(c1sccc1Br)n1ccnc1)C1CCC(F)(F)CC1. The third-order valence-corrected chi connectivity index (χ3v) is 6.97. The van der Waals surface area contributed by atoms with E-state index in [4.69, 9.17) is 0 Å². The van der Waals surface area contributed by atoms with Gasteiger partial charge in [-0.15, -0.1) is 11.3 Å². The quantitative estimate of drug-likeness (QED) is 0.586. The molecular formula is C17H21BrF2N2S. The summed E-state index contributed by atoms with van der Waals surface area (Å²) in [5.41, 5.74) is 0. The summed E-state index contributed by atoms with van der Waals surface area (Å²) in [5, 5.41) is 2.08. The Balaban J connectivity index is 1.73. The molecule has 1 fully saturated rings. The van der Waals surface area contributed by atoms with Crippen molar-refractivity contribution in [2.45, 2.75) is 51.0 Å². The molecule has 0 spiro atoms. The van der Waals surface area contributed by atoms with Gasteiger partial charge in [-0.3, -0.25) is 0 Å². The minimum absolute atomic E-state index is 0.0421. The molecule has 1 aliphatic rings. The van der Waals surface area contributed by atoms with E-state index in [2.05, 4.69) is 43.9 Å². The molecule has 1 saturated carbocycles. The molecule has 0 radical (unpaired) electrons. The number of rotatable bonds is 5. The number of halogens is 3. The van der Waals surface area contributed by atoms with Crippen molar-refractivity contribution in [2.75, 3.05) is 0 Å². The van der Waals surface area contributed by atoms with Crippen LogP contribution in [0.25, 0.3) is 0 Å². The van der Waals surface area contributed by atoms with E-state index >= 15 is 0 Å². The minimum atomic E-state index is -2.45. The lowest BCUT2D eigenvalue weighted by molar-refractivity contribution is -0.0521. The fourth-order valence-corrected chi connectivity index (χ4v) is 5.30. The van der Waals surface area contributed by atoms with E-state index in [9.17, 15) is 8.78 Å². The van der Waals surface area contributed by atoms with Gasteiger partial charge in [0.05, 0.1) is 12.4 Å². The number of alkyl halides is 2. The van der Waals surface area contributed by atoms with E-state index in [1.807, 2.05) is 12.5 Å². The molecule has 2 aromatic rings. The highest BCUT2D eigenvalue weighted by atomic mass is 79.9. The summed E-state index contributed by atoms with van der Waals surface area (Å²) in [6.45, 7) is 2.21. The number of hydrogen-bond acceptors (Lipinski definition) is 2. The van der Waals surface area contributed by atoms with Crippen LogP contribution < -0.4 is 0 Å². The second kappa shape index (κ2) is 7.01. The lowest BCUT2D eigenvalue weighted by Crippen LogP contribution is -2.28. The van der Waals surface area contributed by atoms with Gasteiger partial charge in [-0.05, 0) is 58.5 Å². The van der Waals surface area contributed by atoms with Crippen LogP contribution in [-0.2, 0) is 0 Å². The first kappa shape index (κ1) is 17.1. The van der Waals surface area contributed by atoms with Gasteiger partial charge in [0.25, 0.3) is 0 Å². The van der Waals surface area contributed by atoms with Crippen LogP contribution >= 0.6 is 27.3 Å². The van der Waals surface area contributed by atoms with Crippen LogP contribution in [-0.4, -0.2) is 15.5 Å². The third kappa shape index (κ3) is 4.02. The summed E-state index contributed by atoms with van der Waals surface area (Å²) in [6.07, 6.45) is 7.93. The molecular weight excluding hydrogens is 382 g/mol. The first-order chi connectivity index (χ1) is 11.0. The molecule has 1 aliphatic carbocycles. The Bertz CT molecular complexity index is 616. The number of nitrogens with zero attached hydrogens (tertiary/aromatic N) is 2. The van der Waals surface area contributed by atoms with Gasteiger partial charge in [-0.25, -0.2) is 13.8 Å². The lowest BCUT2D eigenvalue weighted by Gasteiger charge is -2.34. The Morgan fingerprint density at radius 1 is 1.43 bits per heavy atom. The molecule has 0 saturated heterocycles. The molecule has 3 rings (SSSR count). The van der Waals surface area contributed by atoms with Gasteiger partial charge >= 0.3 is 0 Å². The van der Waals surface area contributed by atoms with Crippen LogP contribution in [0.4, 0.5) is 8.78 Å². The van der Waals surface area contributed by atoms with E-state index in [-0.39, 0.29) is 18.9 Å². The minimum Gasteiger partial charge on any atom is -0.329 e. The van der Waals surface area contributed by atoms with E-state index in [0.29, 0.717) is 24.7 Å². The molecule has 0 aromatic carbocycles. The van der Waals surface area contributed by atoms with Crippen molar-refractivity contribution in [3.8, 4) is 0 Å². The summed E-state index contributed by atoms with van der Waals surface area (Å²) in [5.74, 6) is -1.65. The summed E-state index contributed by atoms with van der Waals surface area (Å²) in [4.78, 5) is 5.45. The molecule has 2 heterocycles. The molecule has 0 bridgehead atoms. The maximum absolute atomic E-state index is 13.4. The normalized spacial score (nSPS) is 21.2. The number of imidazole rings is 1. The van der Waals surface area contributed by atoms with Crippen LogP contribution in [0, 0.1) is 11.8 Å². The molecule has 2 aromatic heterocycles. The Labute approximate surface area is 148 Å². The largest absolute Gasteiger partial charge is 0.329 e. The van der Waals surface area contributed by atoms with Gasteiger partial charge in [-0.1, -0.05) is 6.92 Å². The van der Waals surface area contributed by atoms with Crippen molar-refractivity contribution >= 4 is 27.3 Å². The molecule has 126 valence electrons. The van der Waals surface area contributed by atoms with Crippen molar-refractivity contribution in [3.05, 3.63) is 39.5 Å². The Morgan fingerprint density at radius 2 is 2.17 bits per heavy atom. The summed E-state index contributed by atoms with van der Waals surface area (Å²) in [6, 6.07) is 2.28. The van der Waals surface area contributed by atoms with Crippen LogP contribution in [0.2, 0.25) is 0 Å². The smallest absolute Gasteiger partial charge is 0.248 e. The first-order valence-electron chi connectivity index (χ1n) is 8.04. The molecule has 6 heteroatoms. The zero-order chi connectivity index (χ0) is 16.4. The maximum Gasteiger partial charge on any atom is 0.248 e. The van der Waals surface area contributed by atoms with Gasteiger partial charge in [0, 0.05) is 34.6 Å². The topological polar surface area (TPSA) is 17.8 Å². The van der Waals surface area contributed by atoms with Gasteiger partial charge < -0.3 is 4.57 Å². The Morgan fingerprint density at radius 3 is 2.74 bits per heavy atom. The second-order valence-corrected chi connectivity index (χ2v) is 8.37. The molecule has 0 aliphatic heterocycles. The first-order valence-corrected chi connectivity index (χ1v) is 9.72. The lowest BCUT2D eigenvalue weighted by atomic mass is 9.77. The zero-order valence-corrected chi connectivity index (χ0v) is 15.5. The standard InChI is InChI=1S/C17H21BrF2N2S/c1-12(13-2-5-17(19,20)6-3-13)10-15(22-8-7-21-11-22)16-14(18)4-9-23-16/h4,7-9,11-13,15H,2-3,5-6,10H2,1H3/t12-,15?/m0/s1. The Hall–Kier alpha value is -0.750. The number of aromatic nitrogens is 2. The summed E-state index contributed by atoms with van der Waals surface area (Å²) < 4.78 is 30.0. The van der Waals surface area contributed by atoms with Crippen molar-refractivity contribution < 1.29 is 8.78 Å². The summed E-state index contributed by atoms with van der Waals surface area (Å²) >= 11 is 5.36. The van der Waals surface area contributed by atoms with Crippen LogP contribution in [0.5, 0.6) is 0 Å². The van der Waals surface area contributed by atoms with Crippen LogP contribution in [0.3, 0.4) is 0 Å². The average Bonchev–Trinajstić information content (AvgIpc) is 3.16.